The topological polar surface area (TPSA) is 111 Å². The van der Waals surface area contributed by atoms with Gasteiger partial charge in [-0.05, 0) is 0 Å². The Bertz CT molecular complexity index is 466. The van der Waals surface area contributed by atoms with Gasteiger partial charge in [-0.15, -0.1) is 0 Å². The Balaban J connectivity index is 2.90. The van der Waals surface area contributed by atoms with Crippen LogP contribution in [0, 0.1) is 0 Å². The SMILES string of the molecule is NC(=O)c1cnc(N=C=C=NC=O)nc1. The van der Waals surface area contributed by atoms with Crippen LogP contribution >= 0.6 is 0 Å². The average molecular weight is 203 g/mol. The summed E-state index contributed by atoms with van der Waals surface area (Å²) in [4.78, 5) is 34.4. The van der Waals surface area contributed by atoms with Crippen molar-refractivity contribution in [1.29, 1.82) is 0 Å². The van der Waals surface area contributed by atoms with E-state index < -0.39 is 5.91 Å². The molecule has 0 spiro atoms. The molecule has 0 aliphatic carbocycles. The van der Waals surface area contributed by atoms with E-state index in [-0.39, 0.29) is 11.5 Å². The van der Waals surface area contributed by atoms with Gasteiger partial charge in [0.05, 0.1) is 17.3 Å². The quantitative estimate of drug-likeness (QED) is 0.515. The predicted octanol–water partition coefficient (Wildman–Crippen LogP) is -0.741. The molecule has 0 saturated carbocycles. The maximum atomic E-state index is 10.6. The summed E-state index contributed by atoms with van der Waals surface area (Å²) in [5, 5.41) is 0. The molecule has 15 heavy (non-hydrogen) atoms. The summed E-state index contributed by atoms with van der Waals surface area (Å²) in [6, 6.07) is 0. The number of aromatic nitrogens is 2. The Labute approximate surface area is 84.1 Å². The third-order valence-corrected chi connectivity index (χ3v) is 1.25. The van der Waals surface area contributed by atoms with Crippen molar-refractivity contribution < 1.29 is 9.59 Å². The van der Waals surface area contributed by atoms with E-state index in [4.69, 9.17) is 5.73 Å². The summed E-state index contributed by atoms with van der Waals surface area (Å²) in [5.74, 6) is 3.72. The van der Waals surface area contributed by atoms with Crippen LogP contribution in [-0.4, -0.2) is 34.0 Å². The van der Waals surface area contributed by atoms with E-state index in [1.165, 1.54) is 12.4 Å². The molecule has 1 heterocycles. The minimum absolute atomic E-state index is 0.0635. The Morgan fingerprint density at radius 2 is 2.07 bits per heavy atom. The number of aliphatic imine (C=N–C) groups is 2. The van der Waals surface area contributed by atoms with Gasteiger partial charge < -0.3 is 5.73 Å². The van der Waals surface area contributed by atoms with Crippen LogP contribution in [0.3, 0.4) is 0 Å². The monoisotopic (exact) mass is 203 g/mol. The van der Waals surface area contributed by atoms with Crippen molar-refractivity contribution >= 4 is 30.0 Å². The molecule has 0 saturated heterocycles. The highest BCUT2D eigenvalue weighted by Crippen LogP contribution is 2.01. The fraction of sp³-hybridized carbons (Fsp3) is 0. The number of hydrogen-bond donors (Lipinski definition) is 1. The summed E-state index contributed by atoms with van der Waals surface area (Å²) in [5.41, 5.74) is 5.15. The molecule has 74 valence electrons. The maximum Gasteiger partial charge on any atom is 0.258 e. The van der Waals surface area contributed by atoms with Gasteiger partial charge in [-0.1, -0.05) is 0 Å². The van der Waals surface area contributed by atoms with Gasteiger partial charge in [0.1, 0.15) is 0 Å². The zero-order valence-electron chi connectivity index (χ0n) is 7.41. The van der Waals surface area contributed by atoms with Crippen LogP contribution in [-0.2, 0) is 4.79 Å². The second-order valence-electron chi connectivity index (χ2n) is 2.21. The van der Waals surface area contributed by atoms with Crippen LogP contribution in [0.25, 0.3) is 0 Å². The largest absolute Gasteiger partial charge is 0.366 e. The first-order valence-electron chi connectivity index (χ1n) is 3.70. The third kappa shape index (κ3) is 3.31. The van der Waals surface area contributed by atoms with Crippen molar-refractivity contribution in [3.8, 4) is 0 Å². The van der Waals surface area contributed by atoms with Crippen molar-refractivity contribution in [2.24, 2.45) is 15.7 Å². The fourth-order valence-electron chi connectivity index (χ4n) is 0.636. The van der Waals surface area contributed by atoms with Crippen molar-refractivity contribution in [2.45, 2.75) is 0 Å². The molecule has 0 unspecified atom stereocenters. The van der Waals surface area contributed by atoms with Crippen molar-refractivity contribution in [3.63, 3.8) is 0 Å². The van der Waals surface area contributed by atoms with E-state index in [1.54, 1.807) is 0 Å². The maximum absolute atomic E-state index is 10.6. The smallest absolute Gasteiger partial charge is 0.258 e. The molecule has 0 radical (unpaired) electrons. The fourth-order valence-corrected chi connectivity index (χ4v) is 0.636. The first-order chi connectivity index (χ1) is 7.24. The number of nitrogens with two attached hydrogens (primary N) is 1. The summed E-state index contributed by atoms with van der Waals surface area (Å²) in [6.45, 7) is 0. The first-order valence-corrected chi connectivity index (χ1v) is 3.70. The van der Waals surface area contributed by atoms with Gasteiger partial charge in [0.15, 0.2) is 0 Å². The molecule has 1 rings (SSSR count). The van der Waals surface area contributed by atoms with Crippen LogP contribution in [0.15, 0.2) is 22.4 Å². The van der Waals surface area contributed by atoms with Crippen LogP contribution in [0.1, 0.15) is 10.4 Å². The van der Waals surface area contributed by atoms with Crippen LogP contribution < -0.4 is 5.73 Å². The number of carbonyl (C=O) groups is 2. The summed E-state index contributed by atoms with van der Waals surface area (Å²) >= 11 is 0. The lowest BCUT2D eigenvalue weighted by molar-refractivity contribution is -0.106. The zero-order valence-corrected chi connectivity index (χ0v) is 7.41. The van der Waals surface area contributed by atoms with E-state index in [9.17, 15) is 9.59 Å². The molecule has 0 aliphatic heterocycles. The Morgan fingerprint density at radius 3 is 2.60 bits per heavy atom. The van der Waals surface area contributed by atoms with Crippen molar-refractivity contribution in [1.82, 2.24) is 9.97 Å². The van der Waals surface area contributed by atoms with E-state index >= 15 is 0 Å². The highest BCUT2D eigenvalue weighted by molar-refractivity contribution is 5.93. The number of rotatable bonds is 3. The molecule has 2 N–H and O–H groups in total. The normalized spacial score (nSPS) is 8.27. The van der Waals surface area contributed by atoms with Gasteiger partial charge in [0.2, 0.25) is 6.41 Å². The standard InChI is InChI=1S/C8H5N5O2/c9-7(15)6-3-12-8(13-4-6)11-2-1-10-5-14/h3-5H,(H2,9,15). The van der Waals surface area contributed by atoms with E-state index in [0.717, 1.165) is 0 Å². The van der Waals surface area contributed by atoms with E-state index in [0.29, 0.717) is 6.41 Å². The number of primary amides is 1. The number of carbonyl (C=O) groups excluding carboxylic acids is 2. The molecule has 0 bridgehead atoms. The van der Waals surface area contributed by atoms with E-state index in [1.807, 2.05) is 0 Å². The lowest BCUT2D eigenvalue weighted by atomic mass is 10.3. The van der Waals surface area contributed by atoms with Gasteiger partial charge in [-0.3, -0.25) is 9.59 Å². The Hall–Kier alpha value is -2.62. The van der Waals surface area contributed by atoms with Crippen molar-refractivity contribution in [2.75, 3.05) is 0 Å². The summed E-state index contributed by atoms with van der Waals surface area (Å²) in [7, 11) is 0. The molecule has 0 atom stereocenters. The van der Waals surface area contributed by atoms with Gasteiger partial charge in [-0.25, -0.2) is 9.97 Å². The lowest BCUT2D eigenvalue weighted by Crippen LogP contribution is -2.11. The second-order valence-corrected chi connectivity index (χ2v) is 2.21. The third-order valence-electron chi connectivity index (χ3n) is 1.25. The Kier molecular flexibility index (Phi) is 3.61. The molecule has 0 fully saturated rings. The number of hydrogen-bond acceptors (Lipinski definition) is 5. The molecule has 7 nitrogen and oxygen atoms in total. The highest BCUT2D eigenvalue weighted by atomic mass is 16.1. The van der Waals surface area contributed by atoms with Crippen LogP contribution in [0.2, 0.25) is 0 Å². The van der Waals surface area contributed by atoms with Gasteiger partial charge in [-0.2, -0.15) is 9.98 Å². The lowest BCUT2D eigenvalue weighted by Gasteiger charge is -1.92. The van der Waals surface area contributed by atoms with Gasteiger partial charge in [0, 0.05) is 12.4 Å². The van der Waals surface area contributed by atoms with Crippen LogP contribution in [0.5, 0.6) is 0 Å². The predicted molar refractivity (Wildman–Crippen MR) is 51.1 cm³/mol. The van der Waals surface area contributed by atoms with Crippen LogP contribution in [0.4, 0.5) is 5.95 Å². The minimum Gasteiger partial charge on any atom is -0.366 e. The molecular formula is C8H5N5O2. The highest BCUT2D eigenvalue weighted by Gasteiger charge is 2.00. The van der Waals surface area contributed by atoms with Gasteiger partial charge >= 0.3 is 0 Å². The van der Waals surface area contributed by atoms with E-state index in [2.05, 4.69) is 31.7 Å². The summed E-state index contributed by atoms with van der Waals surface area (Å²) < 4.78 is 0. The Morgan fingerprint density at radius 1 is 1.40 bits per heavy atom. The molecule has 7 heteroatoms. The average Bonchev–Trinajstić information content (AvgIpc) is 2.25. The number of nitrogens with zero attached hydrogens (tertiary/aromatic N) is 4. The zero-order chi connectivity index (χ0) is 11.1. The minimum atomic E-state index is -0.622. The molecular weight excluding hydrogens is 198 g/mol. The summed E-state index contributed by atoms with van der Waals surface area (Å²) in [6.07, 6.45) is 2.75. The molecule has 0 aliphatic rings. The second kappa shape index (κ2) is 5.18. The molecule has 0 aromatic carbocycles. The molecule has 1 aromatic heterocycles. The van der Waals surface area contributed by atoms with Crippen molar-refractivity contribution in [3.05, 3.63) is 18.0 Å². The molecule has 2 amide bonds. The first kappa shape index (κ1) is 10.5. The van der Waals surface area contributed by atoms with Gasteiger partial charge in [0.25, 0.3) is 11.9 Å². The number of amides is 2. The molecule has 1 aromatic rings.